The third-order valence-electron chi connectivity index (χ3n) is 5.60. The van der Waals surface area contributed by atoms with Gasteiger partial charge in [-0.25, -0.2) is 0 Å². The van der Waals surface area contributed by atoms with Crippen molar-refractivity contribution in [2.24, 2.45) is 0 Å². The molecule has 6 aromatic rings. The van der Waals surface area contributed by atoms with Crippen LogP contribution < -0.4 is 25.9 Å². The maximum Gasteiger partial charge on any atom is 0.707 e. The number of hydrogen-bond donors (Lipinski definition) is 2. The quantitative estimate of drug-likeness (QED) is 0.148. The van der Waals surface area contributed by atoms with Crippen molar-refractivity contribution < 1.29 is 35.9 Å². The van der Waals surface area contributed by atoms with Crippen LogP contribution in [0.25, 0.3) is 32.3 Å². The molecule has 0 radical (unpaired) electrons. The highest BCUT2D eigenvalue weighted by molar-refractivity contribution is 6.34. The van der Waals surface area contributed by atoms with Crippen LogP contribution in [-0.4, -0.2) is 17.4 Å². The largest absolute Gasteiger partial charge is 0.707 e. The second kappa shape index (κ2) is 10.9. The molecule has 35 heavy (non-hydrogen) atoms. The molecule has 0 aromatic heterocycles. The van der Waals surface area contributed by atoms with Gasteiger partial charge < -0.3 is 14.7 Å². The van der Waals surface area contributed by atoms with Crippen molar-refractivity contribution in [2.75, 3.05) is 0 Å². The van der Waals surface area contributed by atoms with Crippen LogP contribution in [0.1, 0.15) is 0 Å². The maximum atomic E-state index is 9.14. The van der Waals surface area contributed by atoms with Gasteiger partial charge >= 0.3 is 28.5 Å². The van der Waals surface area contributed by atoms with E-state index in [0.717, 1.165) is 26.9 Å². The van der Waals surface area contributed by atoms with Crippen LogP contribution in [0, 0.1) is 7.14 Å². The van der Waals surface area contributed by atoms with Crippen molar-refractivity contribution in [3.63, 3.8) is 0 Å². The Balaban J connectivity index is 0.000000166. The third kappa shape index (κ3) is 5.65. The molecule has 0 atom stereocenters. The monoisotopic (exact) mass is 569 g/mol. The summed E-state index contributed by atoms with van der Waals surface area (Å²) in [6, 6.07) is 43.5. The zero-order valence-corrected chi connectivity index (χ0v) is 21.0. The maximum absolute atomic E-state index is 9.14. The average Bonchev–Trinajstić information content (AvgIpc) is 2.89. The van der Waals surface area contributed by atoms with Gasteiger partial charge in [0.25, 0.3) is 0 Å². The SMILES string of the molecule is OB(O)Oc1cccc2ccc3cc4ccccc4cc3c12.c1ccc([I+]c2ccccc2)cc1. The Morgan fingerprint density at radius 2 is 1.06 bits per heavy atom. The summed E-state index contributed by atoms with van der Waals surface area (Å²) >= 11 is 0.0287. The van der Waals surface area contributed by atoms with Crippen molar-refractivity contribution in [1.29, 1.82) is 0 Å². The first kappa shape index (κ1) is 23.4. The first-order valence-electron chi connectivity index (χ1n) is 11.3. The van der Waals surface area contributed by atoms with Crippen LogP contribution in [0.4, 0.5) is 0 Å². The Morgan fingerprint density at radius 3 is 1.69 bits per heavy atom. The molecule has 0 heterocycles. The number of fused-ring (bicyclic) bond motifs is 4. The van der Waals surface area contributed by atoms with E-state index in [1.807, 2.05) is 30.3 Å². The lowest BCUT2D eigenvalue weighted by Gasteiger charge is -2.12. The van der Waals surface area contributed by atoms with Crippen LogP contribution in [0.5, 0.6) is 5.75 Å². The number of halogens is 1. The van der Waals surface area contributed by atoms with Crippen LogP contribution in [0.15, 0.2) is 127 Å². The summed E-state index contributed by atoms with van der Waals surface area (Å²) in [7, 11) is -1.83. The summed E-state index contributed by atoms with van der Waals surface area (Å²) < 4.78 is 8.12. The van der Waals surface area contributed by atoms with E-state index in [1.54, 1.807) is 6.07 Å². The topological polar surface area (TPSA) is 49.7 Å². The average molecular weight is 569 g/mol. The highest BCUT2D eigenvalue weighted by atomic mass is 127. The van der Waals surface area contributed by atoms with E-state index in [9.17, 15) is 0 Å². The molecule has 3 nitrogen and oxygen atoms in total. The normalized spacial score (nSPS) is 10.7. The van der Waals surface area contributed by atoms with E-state index in [2.05, 4.69) is 91.0 Å². The molecule has 5 heteroatoms. The van der Waals surface area contributed by atoms with E-state index >= 15 is 0 Å². The van der Waals surface area contributed by atoms with Crippen molar-refractivity contribution in [3.8, 4) is 5.75 Å². The molecule has 0 saturated carbocycles. The van der Waals surface area contributed by atoms with Gasteiger partial charge in [0.1, 0.15) is 5.75 Å². The summed E-state index contributed by atoms with van der Waals surface area (Å²) in [5.74, 6) is 0.466. The highest BCUT2D eigenvalue weighted by Gasteiger charge is 2.15. The molecule has 6 aromatic carbocycles. The zero-order valence-electron chi connectivity index (χ0n) is 18.9. The molecular formula is C30H23BIO3+. The molecule has 0 bridgehead atoms. The van der Waals surface area contributed by atoms with Crippen molar-refractivity contribution >= 4 is 39.6 Å². The molecule has 0 aliphatic carbocycles. The van der Waals surface area contributed by atoms with Gasteiger partial charge in [-0.3, -0.25) is 0 Å². The Kier molecular flexibility index (Phi) is 7.28. The van der Waals surface area contributed by atoms with E-state index in [-0.39, 0.29) is 21.2 Å². The van der Waals surface area contributed by atoms with E-state index in [1.165, 1.54) is 12.5 Å². The Labute approximate surface area is 215 Å². The molecule has 0 spiro atoms. The van der Waals surface area contributed by atoms with Crippen molar-refractivity contribution in [3.05, 3.63) is 135 Å². The van der Waals surface area contributed by atoms with Gasteiger partial charge in [0, 0.05) is 5.39 Å². The standard InChI is InChI=1S/C18H13BO3.C12H10I/c20-19(21)22-17-7-3-6-12-8-9-15-10-13-4-1-2-5-14(13)11-16(15)18(12)17;1-3-7-11(8-4-1)13-12-9-5-2-6-10-12/h1-11,20-21H;1-10H/q;+1. The second-order valence-corrected chi connectivity index (χ2v) is 11.0. The molecule has 0 fully saturated rings. The van der Waals surface area contributed by atoms with Gasteiger partial charge in [-0.05, 0) is 69.4 Å². The lowest BCUT2D eigenvalue weighted by molar-refractivity contribution is -0.597. The highest BCUT2D eigenvalue weighted by Crippen LogP contribution is 2.35. The van der Waals surface area contributed by atoms with Gasteiger partial charge in [-0.15, -0.1) is 0 Å². The van der Waals surface area contributed by atoms with E-state index in [0.29, 0.717) is 5.75 Å². The molecule has 0 aliphatic heterocycles. The van der Waals surface area contributed by atoms with Gasteiger partial charge in [-0.2, -0.15) is 0 Å². The number of rotatable bonds is 4. The summed E-state index contributed by atoms with van der Waals surface area (Å²) in [5, 5.41) is 24.6. The molecule has 0 unspecified atom stereocenters. The van der Waals surface area contributed by atoms with Gasteiger partial charge in [0.15, 0.2) is 7.14 Å². The Hall–Kier alpha value is -3.39. The van der Waals surface area contributed by atoms with Gasteiger partial charge in [0.05, 0.1) is 0 Å². The second-order valence-electron chi connectivity index (χ2n) is 7.97. The van der Waals surface area contributed by atoms with Crippen LogP contribution in [0.3, 0.4) is 0 Å². The molecule has 0 saturated heterocycles. The minimum absolute atomic E-state index is 0.0287. The van der Waals surface area contributed by atoms with E-state index < -0.39 is 7.32 Å². The minimum Gasteiger partial charge on any atom is -0.511 e. The minimum atomic E-state index is -1.83. The lowest BCUT2D eigenvalue weighted by Crippen LogP contribution is -3.61. The summed E-state index contributed by atoms with van der Waals surface area (Å²) in [4.78, 5) is 0. The first-order chi connectivity index (χ1) is 17.2. The fraction of sp³-hybridized carbons (Fsp3) is 0. The van der Waals surface area contributed by atoms with Crippen LogP contribution in [-0.2, 0) is 0 Å². The van der Waals surface area contributed by atoms with Crippen molar-refractivity contribution in [1.82, 2.24) is 0 Å². The Bertz CT molecular complexity index is 1530. The molecule has 170 valence electrons. The van der Waals surface area contributed by atoms with Gasteiger partial charge in [0.2, 0.25) is 0 Å². The van der Waals surface area contributed by atoms with Crippen molar-refractivity contribution in [2.45, 2.75) is 0 Å². The lowest BCUT2D eigenvalue weighted by atomic mass is 9.97. The Morgan fingerprint density at radius 1 is 0.514 bits per heavy atom. The fourth-order valence-corrected chi connectivity index (χ4v) is 6.33. The summed E-state index contributed by atoms with van der Waals surface area (Å²) in [6.07, 6.45) is 0. The van der Waals surface area contributed by atoms with Crippen LogP contribution >= 0.6 is 0 Å². The zero-order chi connectivity index (χ0) is 24.0. The van der Waals surface area contributed by atoms with Gasteiger partial charge in [-0.1, -0.05) is 84.9 Å². The predicted molar refractivity (Wildman–Crippen MR) is 140 cm³/mol. The third-order valence-corrected chi connectivity index (χ3v) is 8.29. The first-order valence-corrected chi connectivity index (χ1v) is 13.4. The summed E-state index contributed by atoms with van der Waals surface area (Å²) in [6.45, 7) is 0. The molecule has 0 amide bonds. The van der Waals surface area contributed by atoms with Crippen LogP contribution in [0.2, 0.25) is 0 Å². The fourth-order valence-electron chi connectivity index (χ4n) is 4.06. The number of benzene rings is 6. The predicted octanol–water partition coefficient (Wildman–Crippen LogP) is 3.31. The molecule has 0 aliphatic rings. The molecular weight excluding hydrogens is 546 g/mol. The smallest absolute Gasteiger partial charge is 0.511 e. The number of hydrogen-bond acceptors (Lipinski definition) is 3. The molecule has 2 N–H and O–H groups in total. The molecule has 6 rings (SSSR count). The van der Waals surface area contributed by atoms with E-state index in [4.69, 9.17) is 14.7 Å². The summed E-state index contributed by atoms with van der Waals surface area (Å²) in [5.41, 5.74) is 0.